The van der Waals surface area contributed by atoms with Crippen LogP contribution in [0.2, 0.25) is 0 Å². The van der Waals surface area contributed by atoms with Gasteiger partial charge in [-0.25, -0.2) is 4.79 Å². The smallest absolute Gasteiger partial charge is 0.320 e. The number of hydrogen-bond donors (Lipinski definition) is 1. The summed E-state index contributed by atoms with van der Waals surface area (Å²) in [6.45, 7) is 6.23. The molecule has 0 saturated carbocycles. The van der Waals surface area contributed by atoms with Gasteiger partial charge in [-0.3, -0.25) is 9.88 Å². The molecule has 1 aromatic carbocycles. The SMILES string of the molecule is O=C1N(Cc2ccc(C3CCCOC3)cn2)CCN1CC(O)CN1CCc2ccccc2C1. The second kappa shape index (κ2) is 10.2. The van der Waals surface area contributed by atoms with E-state index in [0.717, 1.165) is 51.3 Å². The van der Waals surface area contributed by atoms with Crippen LogP contribution in [-0.2, 0) is 24.2 Å². The molecule has 4 heterocycles. The molecule has 2 atom stereocenters. The van der Waals surface area contributed by atoms with Crippen molar-refractivity contribution in [3.8, 4) is 0 Å². The molecule has 176 valence electrons. The molecule has 1 N–H and O–H groups in total. The minimum absolute atomic E-state index is 0.00963. The zero-order valence-electron chi connectivity index (χ0n) is 19.2. The van der Waals surface area contributed by atoms with E-state index in [-0.39, 0.29) is 6.03 Å². The van der Waals surface area contributed by atoms with E-state index in [1.165, 1.54) is 16.7 Å². The standard InChI is InChI=1S/C26H34N4O3/c31-25(17-28-10-9-20-4-1-2-5-22(20)15-28)18-30-12-11-29(26(30)32)16-24-8-7-21(14-27-24)23-6-3-13-33-19-23/h1-2,4-5,7-8,14,23,25,31H,3,6,9-13,15-19H2. The van der Waals surface area contributed by atoms with Crippen molar-refractivity contribution in [2.75, 3.05) is 45.9 Å². The lowest BCUT2D eigenvalue weighted by Crippen LogP contribution is -2.43. The fraction of sp³-hybridized carbons (Fsp3) is 0.538. The molecule has 7 heteroatoms. The molecule has 0 aliphatic carbocycles. The molecule has 7 nitrogen and oxygen atoms in total. The van der Waals surface area contributed by atoms with Gasteiger partial charge in [0.05, 0.1) is 24.9 Å². The second-order valence-electron chi connectivity index (χ2n) is 9.55. The van der Waals surface area contributed by atoms with E-state index in [4.69, 9.17) is 4.74 Å². The third kappa shape index (κ3) is 5.37. The van der Waals surface area contributed by atoms with Crippen molar-refractivity contribution in [1.29, 1.82) is 0 Å². The molecule has 0 bridgehead atoms. The Labute approximate surface area is 196 Å². The van der Waals surface area contributed by atoms with E-state index in [0.29, 0.717) is 38.6 Å². The normalized spacial score (nSPS) is 22.5. The van der Waals surface area contributed by atoms with E-state index in [1.54, 1.807) is 4.90 Å². The number of nitrogens with zero attached hydrogens (tertiary/aromatic N) is 4. The molecule has 1 aromatic heterocycles. The number of aliphatic hydroxyl groups excluding tert-OH is 1. The topological polar surface area (TPSA) is 69.1 Å². The summed E-state index contributed by atoms with van der Waals surface area (Å²) >= 11 is 0. The van der Waals surface area contributed by atoms with Gasteiger partial charge in [0.2, 0.25) is 0 Å². The Hall–Kier alpha value is -2.48. The van der Waals surface area contributed by atoms with Crippen LogP contribution in [0.15, 0.2) is 42.6 Å². The van der Waals surface area contributed by atoms with Crippen molar-refractivity contribution in [2.45, 2.75) is 44.4 Å². The maximum absolute atomic E-state index is 12.9. The maximum Gasteiger partial charge on any atom is 0.320 e. The number of urea groups is 1. The van der Waals surface area contributed by atoms with Crippen LogP contribution in [0.5, 0.6) is 0 Å². The highest BCUT2D eigenvalue weighted by Crippen LogP contribution is 2.25. The van der Waals surface area contributed by atoms with Gasteiger partial charge in [0.15, 0.2) is 0 Å². The number of amides is 2. The summed E-state index contributed by atoms with van der Waals surface area (Å²) in [6.07, 6.45) is 4.65. The molecule has 5 rings (SSSR count). The number of carbonyl (C=O) groups is 1. The summed E-state index contributed by atoms with van der Waals surface area (Å²) in [6, 6.07) is 12.7. The molecule has 0 spiro atoms. The highest BCUT2D eigenvalue weighted by Gasteiger charge is 2.31. The number of aliphatic hydroxyl groups is 1. The number of fused-ring (bicyclic) bond motifs is 1. The van der Waals surface area contributed by atoms with Gasteiger partial charge in [0, 0.05) is 58.0 Å². The summed E-state index contributed by atoms with van der Waals surface area (Å²) in [7, 11) is 0. The number of rotatable bonds is 7. The van der Waals surface area contributed by atoms with Crippen LogP contribution in [0.1, 0.15) is 41.1 Å². The Bertz CT molecular complexity index is 945. The van der Waals surface area contributed by atoms with Gasteiger partial charge in [-0.05, 0) is 42.0 Å². The summed E-state index contributed by atoms with van der Waals surface area (Å²) < 4.78 is 5.59. The Balaban J connectivity index is 1.10. The van der Waals surface area contributed by atoms with Crippen LogP contribution in [0, 0.1) is 0 Å². The van der Waals surface area contributed by atoms with Crippen molar-refractivity contribution >= 4 is 6.03 Å². The largest absolute Gasteiger partial charge is 0.390 e. The summed E-state index contributed by atoms with van der Waals surface area (Å²) in [4.78, 5) is 23.4. The summed E-state index contributed by atoms with van der Waals surface area (Å²) in [5.41, 5.74) is 4.87. The van der Waals surface area contributed by atoms with Gasteiger partial charge in [-0.2, -0.15) is 0 Å². The first kappa shape index (κ1) is 22.3. The zero-order chi connectivity index (χ0) is 22.6. The van der Waals surface area contributed by atoms with Crippen LogP contribution in [0.4, 0.5) is 4.79 Å². The van der Waals surface area contributed by atoms with E-state index in [9.17, 15) is 9.90 Å². The number of hydrogen-bond acceptors (Lipinski definition) is 5. The molecule has 2 aromatic rings. The third-order valence-electron chi connectivity index (χ3n) is 7.12. The lowest BCUT2D eigenvalue weighted by molar-refractivity contribution is 0.0803. The average molecular weight is 451 g/mol. The predicted octanol–water partition coefficient (Wildman–Crippen LogP) is 2.63. The van der Waals surface area contributed by atoms with Crippen LogP contribution in [0.3, 0.4) is 0 Å². The molecule has 2 unspecified atom stereocenters. The third-order valence-corrected chi connectivity index (χ3v) is 7.12. The number of pyridine rings is 1. The average Bonchev–Trinajstić information content (AvgIpc) is 3.18. The molecule has 0 radical (unpaired) electrons. The zero-order valence-corrected chi connectivity index (χ0v) is 19.2. The Morgan fingerprint density at radius 1 is 1.06 bits per heavy atom. The molecule has 2 fully saturated rings. The quantitative estimate of drug-likeness (QED) is 0.702. The van der Waals surface area contributed by atoms with Crippen molar-refractivity contribution in [3.05, 3.63) is 65.0 Å². The minimum atomic E-state index is -0.547. The van der Waals surface area contributed by atoms with Crippen LogP contribution in [0.25, 0.3) is 0 Å². The number of ether oxygens (including phenoxy) is 1. The lowest BCUT2D eigenvalue weighted by atomic mass is 9.95. The molecule has 33 heavy (non-hydrogen) atoms. The number of aromatic nitrogens is 1. The van der Waals surface area contributed by atoms with Crippen LogP contribution in [-0.4, -0.2) is 82.9 Å². The first-order chi connectivity index (χ1) is 16.2. The molecular formula is C26H34N4O3. The second-order valence-corrected chi connectivity index (χ2v) is 9.55. The van der Waals surface area contributed by atoms with Gasteiger partial charge < -0.3 is 19.6 Å². The van der Waals surface area contributed by atoms with Gasteiger partial charge in [0.25, 0.3) is 0 Å². The van der Waals surface area contributed by atoms with Gasteiger partial charge in [-0.1, -0.05) is 30.3 Å². The van der Waals surface area contributed by atoms with E-state index in [2.05, 4.69) is 40.2 Å². The van der Waals surface area contributed by atoms with Crippen molar-refractivity contribution in [1.82, 2.24) is 19.7 Å². The molecule has 2 amide bonds. The fourth-order valence-corrected chi connectivity index (χ4v) is 5.24. The minimum Gasteiger partial charge on any atom is -0.390 e. The summed E-state index contributed by atoms with van der Waals surface area (Å²) in [5, 5.41) is 10.7. The molecule has 3 aliphatic rings. The Kier molecular flexibility index (Phi) is 6.90. The highest BCUT2D eigenvalue weighted by atomic mass is 16.5. The van der Waals surface area contributed by atoms with E-state index >= 15 is 0 Å². The maximum atomic E-state index is 12.9. The van der Waals surface area contributed by atoms with Crippen LogP contribution < -0.4 is 0 Å². The first-order valence-electron chi connectivity index (χ1n) is 12.2. The van der Waals surface area contributed by atoms with Crippen molar-refractivity contribution in [3.63, 3.8) is 0 Å². The molecule has 3 aliphatic heterocycles. The number of β-amino-alcohol motifs (C(OH)–C–C–N with tert-alkyl or cyclic N) is 1. The summed E-state index contributed by atoms with van der Waals surface area (Å²) in [5.74, 6) is 0.430. The van der Waals surface area contributed by atoms with Crippen molar-refractivity contribution < 1.29 is 14.6 Å². The Morgan fingerprint density at radius 2 is 1.91 bits per heavy atom. The fourth-order valence-electron chi connectivity index (χ4n) is 5.24. The first-order valence-corrected chi connectivity index (χ1v) is 12.2. The number of carbonyl (C=O) groups excluding carboxylic acids is 1. The van der Waals surface area contributed by atoms with Crippen LogP contribution >= 0.6 is 0 Å². The van der Waals surface area contributed by atoms with Gasteiger partial charge >= 0.3 is 6.03 Å². The molecule has 2 saturated heterocycles. The van der Waals surface area contributed by atoms with Crippen molar-refractivity contribution in [2.24, 2.45) is 0 Å². The van der Waals surface area contributed by atoms with Gasteiger partial charge in [0.1, 0.15) is 0 Å². The van der Waals surface area contributed by atoms with E-state index in [1.807, 2.05) is 17.2 Å². The molecular weight excluding hydrogens is 416 g/mol. The van der Waals surface area contributed by atoms with E-state index < -0.39 is 6.10 Å². The lowest BCUT2D eigenvalue weighted by Gasteiger charge is -2.31. The Morgan fingerprint density at radius 3 is 2.70 bits per heavy atom. The highest BCUT2D eigenvalue weighted by molar-refractivity contribution is 5.76. The monoisotopic (exact) mass is 450 g/mol. The van der Waals surface area contributed by atoms with Gasteiger partial charge in [-0.15, -0.1) is 0 Å². The number of benzene rings is 1. The predicted molar refractivity (Wildman–Crippen MR) is 126 cm³/mol.